The van der Waals surface area contributed by atoms with Gasteiger partial charge < -0.3 is 4.90 Å². The van der Waals surface area contributed by atoms with Crippen LogP contribution in [0.2, 0.25) is 0 Å². The van der Waals surface area contributed by atoms with Crippen molar-refractivity contribution in [2.75, 3.05) is 29.2 Å². The van der Waals surface area contributed by atoms with Gasteiger partial charge in [0.05, 0.1) is 11.0 Å². The molecule has 1 aromatic carbocycles. The second-order valence-corrected chi connectivity index (χ2v) is 8.67. The van der Waals surface area contributed by atoms with Gasteiger partial charge in [-0.05, 0) is 31.0 Å². The standard InChI is InChI=1S/C14H18FNO3S2/c1-21(18,19)9-8-20-13-6-3-7-16(14(13)17)12-5-2-4-11(15)10-12/h2,4-5,10,13H,3,6-9H2,1H3/t13-/m0/s1. The van der Waals surface area contributed by atoms with Crippen molar-refractivity contribution < 1.29 is 17.6 Å². The quantitative estimate of drug-likeness (QED) is 0.829. The third-order valence-corrected chi connectivity index (χ3v) is 5.77. The molecule has 0 radical (unpaired) electrons. The van der Waals surface area contributed by atoms with Crippen LogP contribution < -0.4 is 4.90 Å². The first-order chi connectivity index (χ1) is 9.87. The van der Waals surface area contributed by atoms with E-state index in [9.17, 15) is 17.6 Å². The number of sulfone groups is 1. The molecule has 0 bridgehead atoms. The largest absolute Gasteiger partial charge is 0.311 e. The zero-order valence-corrected chi connectivity index (χ0v) is 13.4. The highest BCUT2D eigenvalue weighted by Crippen LogP contribution is 2.28. The summed E-state index contributed by atoms with van der Waals surface area (Å²) in [7, 11) is -3.01. The summed E-state index contributed by atoms with van der Waals surface area (Å²) < 4.78 is 35.5. The summed E-state index contributed by atoms with van der Waals surface area (Å²) in [5.41, 5.74) is 0.563. The van der Waals surface area contributed by atoms with E-state index < -0.39 is 9.84 Å². The predicted molar refractivity (Wildman–Crippen MR) is 83.9 cm³/mol. The average molecular weight is 331 g/mol. The highest BCUT2D eigenvalue weighted by molar-refractivity contribution is 8.01. The zero-order valence-electron chi connectivity index (χ0n) is 11.8. The van der Waals surface area contributed by atoms with Crippen molar-refractivity contribution in [2.45, 2.75) is 18.1 Å². The second-order valence-electron chi connectivity index (χ2n) is 5.10. The van der Waals surface area contributed by atoms with Gasteiger partial charge in [-0.2, -0.15) is 0 Å². The summed E-state index contributed by atoms with van der Waals surface area (Å²) in [6.07, 6.45) is 2.76. The van der Waals surface area contributed by atoms with Gasteiger partial charge in [0.1, 0.15) is 15.7 Å². The number of benzene rings is 1. The van der Waals surface area contributed by atoms with Crippen molar-refractivity contribution >= 4 is 33.2 Å². The number of carbonyl (C=O) groups is 1. The fraction of sp³-hybridized carbons (Fsp3) is 0.500. The van der Waals surface area contributed by atoms with Gasteiger partial charge in [-0.25, -0.2) is 12.8 Å². The molecule has 1 fully saturated rings. The first-order valence-corrected chi connectivity index (χ1v) is 9.84. The van der Waals surface area contributed by atoms with E-state index >= 15 is 0 Å². The van der Waals surface area contributed by atoms with Crippen LogP contribution in [0.1, 0.15) is 12.8 Å². The lowest BCUT2D eigenvalue weighted by atomic mass is 10.1. The summed E-state index contributed by atoms with van der Waals surface area (Å²) >= 11 is 1.37. The average Bonchev–Trinajstić information content (AvgIpc) is 2.39. The molecule has 1 aliphatic rings. The molecule has 0 unspecified atom stereocenters. The van der Waals surface area contributed by atoms with E-state index in [4.69, 9.17) is 0 Å². The predicted octanol–water partition coefficient (Wildman–Crippen LogP) is 2.10. The smallest absolute Gasteiger partial charge is 0.240 e. The highest BCUT2D eigenvalue weighted by atomic mass is 32.2. The van der Waals surface area contributed by atoms with Gasteiger partial charge in [-0.3, -0.25) is 4.79 Å². The Kier molecular flexibility index (Phi) is 5.27. The Labute approximate surface area is 128 Å². The number of halogens is 1. The molecule has 1 aromatic rings. The number of hydrogen-bond acceptors (Lipinski definition) is 4. The summed E-state index contributed by atoms with van der Waals surface area (Å²) in [4.78, 5) is 14.0. The molecule has 0 aromatic heterocycles. The van der Waals surface area contributed by atoms with Crippen LogP contribution in [-0.4, -0.2) is 43.9 Å². The van der Waals surface area contributed by atoms with Crippen LogP contribution in [-0.2, 0) is 14.6 Å². The van der Waals surface area contributed by atoms with E-state index in [0.29, 0.717) is 18.0 Å². The summed E-state index contributed by atoms with van der Waals surface area (Å²) in [6, 6.07) is 5.99. The summed E-state index contributed by atoms with van der Waals surface area (Å²) in [5, 5.41) is -0.247. The normalized spacial score (nSPS) is 19.8. The van der Waals surface area contributed by atoms with E-state index in [0.717, 1.165) is 12.8 Å². The molecule has 7 heteroatoms. The lowest BCUT2D eigenvalue weighted by molar-refractivity contribution is -0.119. The van der Waals surface area contributed by atoms with Gasteiger partial charge in [0.2, 0.25) is 5.91 Å². The molecule has 1 atom stereocenters. The fourth-order valence-electron chi connectivity index (χ4n) is 2.24. The minimum absolute atomic E-state index is 0.0645. The molecule has 0 spiro atoms. The van der Waals surface area contributed by atoms with Crippen LogP contribution in [0.25, 0.3) is 0 Å². The van der Waals surface area contributed by atoms with Gasteiger partial charge in [0.25, 0.3) is 0 Å². The summed E-state index contributed by atoms with van der Waals surface area (Å²) in [5.74, 6) is 0.0469. The van der Waals surface area contributed by atoms with Gasteiger partial charge in [0.15, 0.2) is 0 Å². The van der Waals surface area contributed by atoms with Crippen LogP contribution in [0.3, 0.4) is 0 Å². The minimum Gasteiger partial charge on any atom is -0.311 e. The molecule has 0 saturated carbocycles. The Morgan fingerprint density at radius 2 is 2.19 bits per heavy atom. The lowest BCUT2D eigenvalue weighted by Gasteiger charge is -2.32. The number of carbonyl (C=O) groups excluding carboxylic acids is 1. The first kappa shape index (κ1) is 16.3. The van der Waals surface area contributed by atoms with Crippen molar-refractivity contribution in [1.29, 1.82) is 0 Å². The molecular formula is C14H18FNO3S2. The number of piperidine rings is 1. The monoisotopic (exact) mass is 331 g/mol. The summed E-state index contributed by atoms with van der Waals surface area (Å²) in [6.45, 7) is 0.575. The SMILES string of the molecule is CS(=O)(=O)CCS[C@H]1CCCN(c2cccc(F)c2)C1=O. The molecule has 2 rings (SSSR count). The van der Waals surface area contributed by atoms with Gasteiger partial charge >= 0.3 is 0 Å². The second kappa shape index (κ2) is 6.79. The molecule has 0 N–H and O–H groups in total. The molecule has 0 aliphatic carbocycles. The number of anilines is 1. The number of rotatable bonds is 5. The fourth-order valence-corrected chi connectivity index (χ4v) is 4.72. The molecule has 1 saturated heterocycles. The van der Waals surface area contributed by atoms with Crippen LogP contribution >= 0.6 is 11.8 Å². The third-order valence-electron chi connectivity index (χ3n) is 3.28. The van der Waals surface area contributed by atoms with E-state index in [1.54, 1.807) is 17.0 Å². The van der Waals surface area contributed by atoms with Gasteiger partial charge in [-0.1, -0.05) is 6.07 Å². The van der Waals surface area contributed by atoms with Crippen LogP contribution in [0.15, 0.2) is 24.3 Å². The Balaban J connectivity index is 2.01. The van der Waals surface area contributed by atoms with Crippen LogP contribution in [0.5, 0.6) is 0 Å². The van der Waals surface area contributed by atoms with Gasteiger partial charge in [0, 0.05) is 24.2 Å². The molecular weight excluding hydrogens is 313 g/mol. The number of hydrogen-bond donors (Lipinski definition) is 0. The Morgan fingerprint density at radius 1 is 1.43 bits per heavy atom. The zero-order chi connectivity index (χ0) is 15.5. The Bertz CT molecular complexity index is 618. The molecule has 116 valence electrons. The molecule has 1 amide bonds. The van der Waals surface area contributed by atoms with Crippen molar-refractivity contribution in [1.82, 2.24) is 0 Å². The highest BCUT2D eigenvalue weighted by Gasteiger charge is 2.30. The molecule has 21 heavy (non-hydrogen) atoms. The van der Waals surface area contributed by atoms with Crippen LogP contribution in [0, 0.1) is 5.82 Å². The third kappa shape index (κ3) is 4.71. The Hall–Kier alpha value is -1.08. The van der Waals surface area contributed by atoms with E-state index in [1.165, 1.54) is 30.2 Å². The van der Waals surface area contributed by atoms with Crippen molar-refractivity contribution in [3.05, 3.63) is 30.1 Å². The van der Waals surface area contributed by atoms with E-state index in [2.05, 4.69) is 0 Å². The topological polar surface area (TPSA) is 54.5 Å². The van der Waals surface area contributed by atoms with Crippen molar-refractivity contribution in [3.63, 3.8) is 0 Å². The Morgan fingerprint density at radius 3 is 2.86 bits per heavy atom. The maximum absolute atomic E-state index is 13.3. The lowest BCUT2D eigenvalue weighted by Crippen LogP contribution is -2.43. The van der Waals surface area contributed by atoms with Crippen molar-refractivity contribution in [2.24, 2.45) is 0 Å². The molecule has 1 aliphatic heterocycles. The maximum atomic E-state index is 13.3. The van der Waals surface area contributed by atoms with Crippen LogP contribution in [0.4, 0.5) is 10.1 Å². The maximum Gasteiger partial charge on any atom is 0.240 e. The molecule has 4 nitrogen and oxygen atoms in total. The molecule has 1 heterocycles. The first-order valence-electron chi connectivity index (χ1n) is 6.73. The van der Waals surface area contributed by atoms with E-state index in [1.807, 2.05) is 0 Å². The minimum atomic E-state index is -3.01. The van der Waals surface area contributed by atoms with Crippen molar-refractivity contribution in [3.8, 4) is 0 Å². The number of nitrogens with zero attached hydrogens (tertiary/aromatic N) is 1. The number of thioether (sulfide) groups is 1. The van der Waals surface area contributed by atoms with E-state index in [-0.39, 0.29) is 22.7 Å². The van der Waals surface area contributed by atoms with Gasteiger partial charge in [-0.15, -0.1) is 11.8 Å². The number of amides is 1.